The van der Waals surface area contributed by atoms with Crippen LogP contribution in [-0.2, 0) is 9.59 Å². The van der Waals surface area contributed by atoms with Gasteiger partial charge in [0.2, 0.25) is 11.8 Å². The molecule has 0 aromatic rings. The van der Waals surface area contributed by atoms with Crippen LogP contribution in [0.25, 0.3) is 0 Å². The number of rotatable bonds is 32. The number of hydrogen-bond acceptors (Lipinski definition) is 2. The van der Waals surface area contributed by atoms with E-state index in [1.54, 1.807) is 0 Å². The van der Waals surface area contributed by atoms with Crippen molar-refractivity contribution in [3.05, 3.63) is 0 Å². The lowest BCUT2D eigenvalue weighted by molar-refractivity contribution is -0.129. The first kappa shape index (κ1) is 38.9. The van der Waals surface area contributed by atoms with Gasteiger partial charge in [0.15, 0.2) is 0 Å². The fourth-order valence-electron chi connectivity index (χ4n) is 5.68. The van der Waals surface area contributed by atoms with E-state index >= 15 is 0 Å². The van der Waals surface area contributed by atoms with Gasteiger partial charge in [-0.15, -0.1) is 0 Å². The Hall–Kier alpha value is -1.06. The summed E-state index contributed by atoms with van der Waals surface area (Å²) in [5.41, 5.74) is 0. The Morgan fingerprint density at radius 2 is 0.775 bits per heavy atom. The number of carbonyl (C=O) groups excluding carboxylic acids is 2. The Bertz CT molecular complexity index is 537. The molecule has 2 amide bonds. The first-order valence-electron chi connectivity index (χ1n) is 18.2. The lowest BCUT2D eigenvalue weighted by Crippen LogP contribution is -2.46. The molecule has 0 aliphatic rings. The SMILES string of the molecule is CCCCCCCCCCCCCCCCCC(=O)NC(CCCCCCCCCCCCCC)C(=O)NCC. The summed E-state index contributed by atoms with van der Waals surface area (Å²) in [5, 5.41) is 5.95. The van der Waals surface area contributed by atoms with Gasteiger partial charge in [0.05, 0.1) is 0 Å². The maximum absolute atomic E-state index is 12.5. The molecule has 0 aliphatic carbocycles. The van der Waals surface area contributed by atoms with Gasteiger partial charge in [-0.25, -0.2) is 0 Å². The highest BCUT2D eigenvalue weighted by Crippen LogP contribution is 2.15. The van der Waals surface area contributed by atoms with Crippen molar-refractivity contribution in [2.24, 2.45) is 0 Å². The van der Waals surface area contributed by atoms with E-state index in [1.165, 1.54) is 148 Å². The minimum absolute atomic E-state index is 0.0181. The maximum atomic E-state index is 12.5. The molecule has 0 radical (unpaired) electrons. The van der Waals surface area contributed by atoms with E-state index in [9.17, 15) is 9.59 Å². The Morgan fingerprint density at radius 3 is 1.12 bits per heavy atom. The topological polar surface area (TPSA) is 58.2 Å². The molecule has 40 heavy (non-hydrogen) atoms. The maximum Gasteiger partial charge on any atom is 0.242 e. The summed E-state index contributed by atoms with van der Waals surface area (Å²) in [5.74, 6) is 0.0281. The molecule has 1 unspecified atom stereocenters. The van der Waals surface area contributed by atoms with Crippen molar-refractivity contribution < 1.29 is 9.59 Å². The first-order chi connectivity index (χ1) is 19.7. The third-order valence-electron chi connectivity index (χ3n) is 8.36. The summed E-state index contributed by atoms with van der Waals surface area (Å²) >= 11 is 0. The molecule has 238 valence electrons. The Morgan fingerprint density at radius 1 is 0.450 bits per heavy atom. The summed E-state index contributed by atoms with van der Waals surface area (Å²) in [4.78, 5) is 25.0. The van der Waals surface area contributed by atoms with Gasteiger partial charge >= 0.3 is 0 Å². The van der Waals surface area contributed by atoms with Gasteiger partial charge in [0.1, 0.15) is 6.04 Å². The third-order valence-corrected chi connectivity index (χ3v) is 8.36. The Labute approximate surface area is 251 Å². The second kappa shape index (κ2) is 32.5. The molecular weight excluding hydrogens is 492 g/mol. The summed E-state index contributed by atoms with van der Waals surface area (Å²) in [6, 6.07) is -0.369. The molecule has 0 saturated heterocycles. The average molecular weight is 565 g/mol. The van der Waals surface area contributed by atoms with Crippen LogP contribution in [0.2, 0.25) is 0 Å². The lowest BCUT2D eigenvalue weighted by Gasteiger charge is -2.18. The second-order valence-electron chi connectivity index (χ2n) is 12.4. The molecule has 0 bridgehead atoms. The smallest absolute Gasteiger partial charge is 0.242 e. The molecule has 0 aromatic heterocycles. The number of likely N-dealkylation sites (N-methyl/N-ethyl adjacent to an activating group) is 1. The van der Waals surface area contributed by atoms with E-state index in [0.29, 0.717) is 13.0 Å². The minimum Gasteiger partial charge on any atom is -0.355 e. The van der Waals surface area contributed by atoms with Crippen molar-refractivity contribution in [1.82, 2.24) is 10.6 Å². The molecule has 0 aromatic carbocycles. The fraction of sp³-hybridized carbons (Fsp3) is 0.944. The first-order valence-corrected chi connectivity index (χ1v) is 18.2. The van der Waals surface area contributed by atoms with Gasteiger partial charge in [-0.1, -0.05) is 181 Å². The summed E-state index contributed by atoms with van der Waals surface area (Å²) < 4.78 is 0. The molecule has 0 spiro atoms. The number of hydrogen-bond donors (Lipinski definition) is 2. The largest absolute Gasteiger partial charge is 0.355 e. The van der Waals surface area contributed by atoms with Crippen LogP contribution in [0, 0.1) is 0 Å². The van der Waals surface area contributed by atoms with E-state index in [1.807, 2.05) is 6.92 Å². The molecule has 0 saturated carbocycles. The minimum atomic E-state index is -0.369. The van der Waals surface area contributed by atoms with Crippen LogP contribution >= 0.6 is 0 Å². The van der Waals surface area contributed by atoms with Crippen LogP contribution in [0.5, 0.6) is 0 Å². The second-order valence-corrected chi connectivity index (χ2v) is 12.4. The monoisotopic (exact) mass is 565 g/mol. The van der Waals surface area contributed by atoms with Crippen molar-refractivity contribution in [3.63, 3.8) is 0 Å². The van der Waals surface area contributed by atoms with Crippen molar-refractivity contribution in [3.8, 4) is 0 Å². The zero-order chi connectivity index (χ0) is 29.4. The molecule has 0 heterocycles. The summed E-state index contributed by atoms with van der Waals surface area (Å²) in [6.07, 6.45) is 36.9. The van der Waals surface area contributed by atoms with Crippen molar-refractivity contribution in [2.75, 3.05) is 6.54 Å². The van der Waals surface area contributed by atoms with E-state index < -0.39 is 0 Å². The van der Waals surface area contributed by atoms with Gasteiger partial charge in [0, 0.05) is 13.0 Å². The quantitative estimate of drug-likeness (QED) is 0.0798. The van der Waals surface area contributed by atoms with E-state index in [0.717, 1.165) is 32.1 Å². The van der Waals surface area contributed by atoms with Crippen molar-refractivity contribution in [2.45, 2.75) is 213 Å². The van der Waals surface area contributed by atoms with Gasteiger partial charge < -0.3 is 10.6 Å². The summed E-state index contributed by atoms with van der Waals surface area (Å²) in [6.45, 7) is 7.11. The van der Waals surface area contributed by atoms with E-state index in [2.05, 4.69) is 24.5 Å². The van der Waals surface area contributed by atoms with Crippen LogP contribution in [0.15, 0.2) is 0 Å². The number of amides is 2. The zero-order valence-electron chi connectivity index (χ0n) is 27.6. The molecule has 4 heteroatoms. The standard InChI is InChI=1S/C36H72N2O2/c1-4-7-9-11-13-15-17-19-20-21-23-25-27-29-31-33-35(39)38-34(36(40)37-6-3)32-30-28-26-24-22-18-16-14-12-10-8-5-2/h34H,4-33H2,1-3H3,(H,37,40)(H,38,39). The predicted octanol–water partition coefficient (Wildman–Crippen LogP) is 11.0. The van der Waals surface area contributed by atoms with Gasteiger partial charge in [-0.3, -0.25) is 9.59 Å². The highest BCUT2D eigenvalue weighted by Gasteiger charge is 2.19. The lowest BCUT2D eigenvalue weighted by atomic mass is 10.0. The molecule has 0 aliphatic heterocycles. The van der Waals surface area contributed by atoms with Crippen LogP contribution in [0.3, 0.4) is 0 Å². The fourth-order valence-corrected chi connectivity index (χ4v) is 5.68. The highest BCUT2D eigenvalue weighted by atomic mass is 16.2. The number of nitrogens with one attached hydrogen (secondary N) is 2. The molecule has 4 nitrogen and oxygen atoms in total. The Balaban J connectivity index is 3.74. The van der Waals surface area contributed by atoms with E-state index in [-0.39, 0.29) is 17.9 Å². The normalized spacial score (nSPS) is 12.0. The van der Waals surface area contributed by atoms with Gasteiger partial charge in [-0.2, -0.15) is 0 Å². The molecule has 0 rings (SSSR count). The third kappa shape index (κ3) is 28.5. The Kier molecular flexibility index (Phi) is 31.6. The summed E-state index contributed by atoms with van der Waals surface area (Å²) in [7, 11) is 0. The number of unbranched alkanes of at least 4 members (excludes halogenated alkanes) is 25. The zero-order valence-corrected chi connectivity index (χ0v) is 27.6. The van der Waals surface area contributed by atoms with Crippen LogP contribution in [0.4, 0.5) is 0 Å². The van der Waals surface area contributed by atoms with Crippen molar-refractivity contribution >= 4 is 11.8 Å². The molecule has 1 atom stereocenters. The van der Waals surface area contributed by atoms with Crippen LogP contribution < -0.4 is 10.6 Å². The van der Waals surface area contributed by atoms with Gasteiger partial charge in [-0.05, 0) is 19.8 Å². The highest BCUT2D eigenvalue weighted by molar-refractivity contribution is 5.87. The van der Waals surface area contributed by atoms with Crippen LogP contribution in [0.1, 0.15) is 207 Å². The molecule has 2 N–H and O–H groups in total. The van der Waals surface area contributed by atoms with Crippen molar-refractivity contribution in [1.29, 1.82) is 0 Å². The van der Waals surface area contributed by atoms with E-state index in [4.69, 9.17) is 0 Å². The van der Waals surface area contributed by atoms with Crippen LogP contribution in [-0.4, -0.2) is 24.4 Å². The molecule has 0 fully saturated rings. The molecular formula is C36H72N2O2. The average Bonchev–Trinajstić information content (AvgIpc) is 2.95. The predicted molar refractivity (Wildman–Crippen MR) is 176 cm³/mol. The van der Waals surface area contributed by atoms with Gasteiger partial charge in [0.25, 0.3) is 0 Å². The number of carbonyl (C=O) groups is 2.